The lowest BCUT2D eigenvalue weighted by Gasteiger charge is -2.34. The van der Waals surface area contributed by atoms with E-state index in [4.69, 9.17) is 0 Å². The van der Waals surface area contributed by atoms with E-state index in [1.165, 1.54) is 21.9 Å². The second-order valence-corrected chi connectivity index (χ2v) is 8.27. The number of nitrogens with one attached hydrogen (secondary N) is 4. The largest absolute Gasteiger partial charge is 0.348 e. The number of hydrogen-bond acceptors (Lipinski definition) is 2. The normalized spacial score (nSPS) is 22.2. The van der Waals surface area contributed by atoms with Crippen LogP contribution in [0.3, 0.4) is 0 Å². The number of hydrogen-bond donors (Lipinski definition) is 4. The average Bonchev–Trinajstić information content (AvgIpc) is 3.56. The Morgan fingerprint density at radius 1 is 0.967 bits per heavy atom. The minimum atomic E-state index is -0.349. The number of piperazine rings is 1. The maximum absolute atomic E-state index is 13.2. The Labute approximate surface area is 176 Å². The molecular formula is C23H29FN4O2+2. The minimum Gasteiger partial charge on any atom is -0.348 e. The lowest BCUT2D eigenvalue weighted by Crippen LogP contribution is -3.28. The molecule has 2 aromatic rings. The standard InChI is InChI=1S/C23H27FN4O2/c24-18-6-8-20(9-7-18)26-23(30)22(17-4-2-1-3-5-17)28-14-12-27(13-15-28)16-21(29)25-19-10-11-19/h1-9,19,22H,10-16H2,(H,25,29)(H,26,30)/p+2/t22-/m1/s1. The van der Waals surface area contributed by atoms with E-state index < -0.39 is 0 Å². The molecule has 158 valence electrons. The van der Waals surface area contributed by atoms with Gasteiger partial charge in [0.15, 0.2) is 12.6 Å². The van der Waals surface area contributed by atoms with Crippen molar-refractivity contribution in [3.8, 4) is 0 Å². The van der Waals surface area contributed by atoms with Crippen molar-refractivity contribution in [2.45, 2.75) is 24.9 Å². The SMILES string of the molecule is O=C(C[NH+]1CC[NH+]([C@@H](C(=O)Nc2ccc(F)cc2)c2ccccc2)CC1)NC1CC1. The summed E-state index contributed by atoms with van der Waals surface area (Å²) in [5, 5.41) is 5.99. The van der Waals surface area contributed by atoms with Crippen molar-refractivity contribution in [2.75, 3.05) is 38.0 Å². The van der Waals surface area contributed by atoms with Gasteiger partial charge in [0.2, 0.25) is 0 Å². The zero-order valence-corrected chi connectivity index (χ0v) is 17.0. The number of carbonyl (C=O) groups is 2. The summed E-state index contributed by atoms with van der Waals surface area (Å²) in [6, 6.07) is 15.6. The summed E-state index contributed by atoms with van der Waals surface area (Å²) in [5.74, 6) is -0.301. The predicted molar refractivity (Wildman–Crippen MR) is 112 cm³/mol. The third-order valence-electron chi connectivity index (χ3n) is 5.87. The summed E-state index contributed by atoms with van der Waals surface area (Å²) in [4.78, 5) is 27.7. The van der Waals surface area contributed by atoms with Crippen molar-refractivity contribution in [1.29, 1.82) is 0 Å². The van der Waals surface area contributed by atoms with Gasteiger partial charge in [0.1, 0.15) is 32.0 Å². The van der Waals surface area contributed by atoms with Crippen molar-refractivity contribution in [2.24, 2.45) is 0 Å². The lowest BCUT2D eigenvalue weighted by atomic mass is 10.0. The van der Waals surface area contributed by atoms with E-state index in [1.54, 1.807) is 12.1 Å². The highest BCUT2D eigenvalue weighted by molar-refractivity contribution is 5.94. The lowest BCUT2D eigenvalue weighted by molar-refractivity contribution is -1.02. The number of benzene rings is 2. The molecule has 0 bridgehead atoms. The van der Waals surface area contributed by atoms with Crippen LogP contribution in [0.2, 0.25) is 0 Å². The fraction of sp³-hybridized carbons (Fsp3) is 0.391. The number of anilines is 1. The number of halogens is 1. The molecule has 0 unspecified atom stereocenters. The molecule has 1 saturated carbocycles. The molecule has 0 aromatic heterocycles. The molecule has 2 amide bonds. The average molecular weight is 413 g/mol. The van der Waals surface area contributed by atoms with Gasteiger partial charge in [0.05, 0.1) is 0 Å². The van der Waals surface area contributed by atoms with Gasteiger partial charge in [-0.15, -0.1) is 0 Å². The predicted octanol–water partition coefficient (Wildman–Crippen LogP) is -0.432. The third kappa shape index (κ3) is 5.43. The molecule has 1 aliphatic carbocycles. The van der Waals surface area contributed by atoms with Crippen molar-refractivity contribution in [3.63, 3.8) is 0 Å². The van der Waals surface area contributed by atoms with E-state index in [1.807, 2.05) is 30.3 Å². The number of carbonyl (C=O) groups excluding carboxylic acids is 2. The molecule has 1 heterocycles. The van der Waals surface area contributed by atoms with E-state index in [0.717, 1.165) is 44.6 Å². The van der Waals surface area contributed by atoms with Crippen LogP contribution >= 0.6 is 0 Å². The van der Waals surface area contributed by atoms with Gasteiger partial charge in [-0.1, -0.05) is 30.3 Å². The van der Waals surface area contributed by atoms with Crippen LogP contribution < -0.4 is 20.4 Å². The summed E-state index contributed by atoms with van der Waals surface area (Å²) in [6.45, 7) is 3.81. The van der Waals surface area contributed by atoms with Crippen LogP contribution in [0.4, 0.5) is 10.1 Å². The Morgan fingerprint density at radius 2 is 1.63 bits per heavy atom. The first-order chi connectivity index (χ1) is 14.6. The van der Waals surface area contributed by atoms with Gasteiger partial charge in [-0.2, -0.15) is 0 Å². The van der Waals surface area contributed by atoms with Crippen LogP contribution in [0.5, 0.6) is 0 Å². The molecule has 2 fully saturated rings. The molecule has 4 N–H and O–H groups in total. The summed E-state index contributed by atoms with van der Waals surface area (Å²) in [7, 11) is 0. The zero-order valence-electron chi connectivity index (χ0n) is 17.0. The third-order valence-corrected chi connectivity index (χ3v) is 5.87. The van der Waals surface area contributed by atoms with Crippen LogP contribution in [0, 0.1) is 5.82 Å². The van der Waals surface area contributed by atoms with Crippen LogP contribution in [-0.2, 0) is 9.59 Å². The summed E-state index contributed by atoms with van der Waals surface area (Å²) in [6.07, 6.45) is 2.20. The van der Waals surface area contributed by atoms with Crippen molar-refractivity contribution in [3.05, 3.63) is 66.0 Å². The van der Waals surface area contributed by atoms with Gasteiger partial charge < -0.3 is 20.4 Å². The van der Waals surface area contributed by atoms with Gasteiger partial charge in [-0.05, 0) is 37.1 Å². The van der Waals surface area contributed by atoms with Crippen molar-refractivity contribution < 1.29 is 23.8 Å². The number of rotatable bonds is 7. The first-order valence-corrected chi connectivity index (χ1v) is 10.7. The molecule has 1 saturated heterocycles. The second kappa shape index (κ2) is 9.36. The maximum atomic E-state index is 13.2. The first-order valence-electron chi connectivity index (χ1n) is 10.7. The highest BCUT2D eigenvalue weighted by Gasteiger charge is 2.36. The van der Waals surface area contributed by atoms with Crippen LogP contribution in [0.25, 0.3) is 0 Å². The Kier molecular flexibility index (Phi) is 6.40. The van der Waals surface area contributed by atoms with Gasteiger partial charge in [-0.25, -0.2) is 4.39 Å². The van der Waals surface area contributed by atoms with Crippen LogP contribution in [-0.4, -0.2) is 50.6 Å². The fourth-order valence-corrected chi connectivity index (χ4v) is 4.09. The maximum Gasteiger partial charge on any atom is 0.287 e. The molecule has 1 atom stereocenters. The summed E-state index contributed by atoms with van der Waals surface area (Å²) >= 11 is 0. The van der Waals surface area contributed by atoms with E-state index in [2.05, 4.69) is 10.6 Å². The second-order valence-electron chi connectivity index (χ2n) is 8.27. The van der Waals surface area contributed by atoms with E-state index in [-0.39, 0.29) is 23.7 Å². The quantitative estimate of drug-likeness (QED) is 0.499. The van der Waals surface area contributed by atoms with Crippen LogP contribution in [0.1, 0.15) is 24.4 Å². The molecule has 4 rings (SSSR count). The smallest absolute Gasteiger partial charge is 0.287 e. The highest BCUT2D eigenvalue weighted by atomic mass is 19.1. The molecule has 6 nitrogen and oxygen atoms in total. The van der Waals surface area contributed by atoms with Crippen molar-refractivity contribution >= 4 is 17.5 Å². The van der Waals surface area contributed by atoms with Gasteiger partial charge in [0.25, 0.3) is 11.8 Å². The topological polar surface area (TPSA) is 67.1 Å². The molecule has 1 aliphatic heterocycles. The van der Waals surface area contributed by atoms with Gasteiger partial charge >= 0.3 is 0 Å². The molecular weight excluding hydrogens is 383 g/mol. The molecule has 2 aromatic carbocycles. The summed E-state index contributed by atoms with van der Waals surface area (Å²) < 4.78 is 13.2. The van der Waals surface area contributed by atoms with Gasteiger partial charge in [-0.3, -0.25) is 9.59 Å². The monoisotopic (exact) mass is 412 g/mol. The van der Waals surface area contributed by atoms with E-state index >= 15 is 0 Å². The number of amides is 2. The van der Waals surface area contributed by atoms with E-state index in [0.29, 0.717) is 18.3 Å². The Balaban J connectivity index is 1.40. The highest BCUT2D eigenvalue weighted by Crippen LogP contribution is 2.18. The Morgan fingerprint density at radius 3 is 2.27 bits per heavy atom. The van der Waals surface area contributed by atoms with Crippen LogP contribution in [0.15, 0.2) is 54.6 Å². The minimum absolute atomic E-state index is 0.0993. The fourth-order valence-electron chi connectivity index (χ4n) is 4.09. The molecule has 30 heavy (non-hydrogen) atoms. The van der Waals surface area contributed by atoms with Gasteiger partial charge in [0, 0.05) is 17.3 Å². The Bertz CT molecular complexity index is 863. The molecule has 2 aliphatic rings. The van der Waals surface area contributed by atoms with E-state index in [9.17, 15) is 14.0 Å². The first kappa shape index (κ1) is 20.5. The Hall–Kier alpha value is -2.77. The molecule has 0 spiro atoms. The molecule has 7 heteroatoms. The zero-order chi connectivity index (χ0) is 20.9. The number of quaternary nitrogens is 2. The summed E-state index contributed by atoms with van der Waals surface area (Å²) in [5.41, 5.74) is 1.55. The van der Waals surface area contributed by atoms with Crippen molar-refractivity contribution in [1.82, 2.24) is 5.32 Å². The molecule has 0 radical (unpaired) electrons.